The van der Waals surface area contributed by atoms with E-state index in [2.05, 4.69) is 43.6 Å². The lowest BCUT2D eigenvalue weighted by Gasteiger charge is -2.45. The number of carbonyl (C=O) groups excluding carboxylic acids is 4. The lowest BCUT2D eigenvalue weighted by molar-refractivity contribution is -0.123. The molecule has 0 unspecified atom stereocenters. The fraction of sp³-hybridized carbons (Fsp3) is 0.184. The maximum atomic E-state index is 15.0. The number of halogens is 4. The number of nitrogens with zero attached hydrogens (tertiary/aromatic N) is 7. The maximum Gasteiger partial charge on any atom is 0.344 e. The number of benzene rings is 4. The molecule has 2 aliphatic rings. The zero-order chi connectivity index (χ0) is 48.2. The van der Waals surface area contributed by atoms with E-state index in [1.54, 1.807) is 62.4 Å². The summed E-state index contributed by atoms with van der Waals surface area (Å²) in [7, 11) is 4.26. The van der Waals surface area contributed by atoms with E-state index in [9.17, 15) is 41.5 Å². The summed E-state index contributed by atoms with van der Waals surface area (Å²) in [5, 5.41) is 0. The fourth-order valence-corrected chi connectivity index (χ4v) is 7.32. The van der Waals surface area contributed by atoms with Gasteiger partial charge in [-0.3, -0.25) is 9.59 Å². The van der Waals surface area contributed by atoms with Crippen molar-refractivity contribution < 1.29 is 41.5 Å². The first-order valence-corrected chi connectivity index (χ1v) is 20.2. The van der Waals surface area contributed by atoms with Gasteiger partial charge in [0.2, 0.25) is 11.8 Å². The van der Waals surface area contributed by atoms with Gasteiger partial charge in [0.05, 0.1) is 31.0 Å². The molecule has 8 rings (SSSR count). The van der Waals surface area contributed by atoms with E-state index in [4.69, 9.17) is 4.74 Å². The van der Waals surface area contributed by atoms with Crippen molar-refractivity contribution in [3.8, 4) is 29.7 Å². The molecule has 0 saturated carbocycles. The Morgan fingerprint density at radius 3 is 1.31 bits per heavy atom. The summed E-state index contributed by atoms with van der Waals surface area (Å²) in [6.45, 7) is 3.25. The van der Waals surface area contributed by atoms with E-state index in [-0.39, 0.29) is 30.0 Å². The summed E-state index contributed by atoms with van der Waals surface area (Å²) in [6, 6.07) is 20.1. The van der Waals surface area contributed by atoms with E-state index < -0.39 is 75.3 Å². The number of aromatic nitrogens is 4. The van der Waals surface area contributed by atoms with Crippen LogP contribution in [0.5, 0.6) is 6.01 Å². The third-order valence-corrected chi connectivity index (χ3v) is 11.4. The Morgan fingerprint density at radius 1 is 0.567 bits per heavy atom. The molecule has 0 spiro atoms. The number of nitrogens with one attached hydrogen (secondary N) is 1. The number of ether oxygens (including phenoxy) is 1. The van der Waals surface area contributed by atoms with E-state index in [0.29, 0.717) is 32.1 Å². The molecular formula is C49H38F4N8O6. The smallest absolute Gasteiger partial charge is 0.344 e. The van der Waals surface area contributed by atoms with Crippen molar-refractivity contribution in [2.24, 2.45) is 0 Å². The van der Waals surface area contributed by atoms with Crippen LogP contribution in [0, 0.1) is 47.0 Å². The third-order valence-electron chi connectivity index (χ3n) is 11.4. The van der Waals surface area contributed by atoms with Crippen LogP contribution in [0.25, 0.3) is 0 Å². The molecule has 2 saturated heterocycles. The molecule has 0 bridgehead atoms. The summed E-state index contributed by atoms with van der Waals surface area (Å²) in [5.41, 5.74) is -2.01. The van der Waals surface area contributed by atoms with Crippen LogP contribution >= 0.6 is 0 Å². The number of aromatic amines is 1. The molecular weight excluding hydrogens is 873 g/mol. The Hall–Kier alpha value is -8.64. The van der Waals surface area contributed by atoms with Gasteiger partial charge in [-0.25, -0.2) is 56.7 Å². The Balaban J connectivity index is 0.000000199. The number of imide groups is 2. The van der Waals surface area contributed by atoms with E-state index in [1.807, 2.05) is 12.1 Å². The Labute approximate surface area is 380 Å². The van der Waals surface area contributed by atoms with Gasteiger partial charge in [-0.15, -0.1) is 0 Å². The molecule has 0 aliphatic carbocycles. The molecule has 2 atom stereocenters. The molecule has 6 amide bonds. The third kappa shape index (κ3) is 9.32. The standard InChI is InChI=1S/C25H20F2N4O3.C24H18F2N4O3/c1-25(18-14-28-23(34-3)29-15-18)13-21(32)31(24(33)30(25)2)22-19(26)11-17(12-20(22)27)10-9-16-7-5-4-6-8-16;1-24(17-13-27-22(32)28-14-17)12-20(31)30(23(33)29(24)2)21-18(25)10-16(11-19(21)26)9-8-15-6-4-3-5-7-15/h4-8,11-12,14-15H,13H2,1-3H3;3-7,10-11,13-14H,12H2,1-2H3,(H,27,28,32)/t25-;24-/m00/s1. The van der Waals surface area contributed by atoms with Gasteiger partial charge in [0.15, 0.2) is 23.3 Å². The molecule has 4 aromatic carbocycles. The normalized spacial score (nSPS) is 18.0. The number of H-pyrrole nitrogens is 1. The van der Waals surface area contributed by atoms with Gasteiger partial charge in [0.25, 0.3) is 0 Å². The average molecular weight is 911 g/mol. The Bertz CT molecular complexity index is 3050. The first-order valence-electron chi connectivity index (χ1n) is 20.2. The average Bonchev–Trinajstić information content (AvgIpc) is 3.31. The van der Waals surface area contributed by atoms with Crippen molar-refractivity contribution in [1.29, 1.82) is 0 Å². The summed E-state index contributed by atoms with van der Waals surface area (Å²) >= 11 is 0. The number of anilines is 2. The van der Waals surface area contributed by atoms with Crippen molar-refractivity contribution in [3.63, 3.8) is 0 Å². The minimum atomic E-state index is -1.17. The van der Waals surface area contributed by atoms with Gasteiger partial charge in [-0.05, 0) is 62.4 Å². The zero-order valence-electron chi connectivity index (χ0n) is 36.4. The predicted molar refractivity (Wildman–Crippen MR) is 236 cm³/mol. The second-order valence-corrected chi connectivity index (χ2v) is 15.6. The van der Waals surface area contributed by atoms with E-state index in [1.165, 1.54) is 55.8 Å². The molecule has 14 nitrogen and oxygen atoms in total. The van der Waals surface area contributed by atoms with Gasteiger partial charge in [-0.2, -0.15) is 0 Å². The lowest BCUT2D eigenvalue weighted by atomic mass is 9.86. The second kappa shape index (κ2) is 18.8. The summed E-state index contributed by atoms with van der Waals surface area (Å²) in [5.74, 6) is 5.13. The van der Waals surface area contributed by atoms with Crippen LogP contribution in [-0.2, 0) is 20.7 Å². The molecule has 0 radical (unpaired) electrons. The molecule has 2 aromatic heterocycles. The van der Waals surface area contributed by atoms with Gasteiger partial charge in [0.1, 0.15) is 11.4 Å². The minimum absolute atomic E-state index is 0.0621. The highest BCUT2D eigenvalue weighted by atomic mass is 19.1. The van der Waals surface area contributed by atoms with Crippen molar-refractivity contribution in [1.82, 2.24) is 29.7 Å². The molecule has 18 heteroatoms. The van der Waals surface area contributed by atoms with Crippen molar-refractivity contribution in [3.05, 3.63) is 177 Å². The molecule has 6 aromatic rings. The Morgan fingerprint density at radius 2 is 0.940 bits per heavy atom. The highest BCUT2D eigenvalue weighted by molar-refractivity contribution is 6.17. The minimum Gasteiger partial charge on any atom is -0.467 e. The monoisotopic (exact) mass is 910 g/mol. The highest BCUT2D eigenvalue weighted by Gasteiger charge is 2.49. The quantitative estimate of drug-likeness (QED) is 0.142. The van der Waals surface area contributed by atoms with Crippen LogP contribution in [0.1, 0.15) is 60.1 Å². The topological polar surface area (TPSA) is 162 Å². The molecule has 67 heavy (non-hydrogen) atoms. The van der Waals surface area contributed by atoms with Gasteiger partial charge in [-0.1, -0.05) is 60.1 Å². The molecule has 2 fully saturated rings. The summed E-state index contributed by atoms with van der Waals surface area (Å²) in [6.07, 6.45) is 4.98. The van der Waals surface area contributed by atoms with Crippen molar-refractivity contribution in [2.75, 3.05) is 31.0 Å². The van der Waals surface area contributed by atoms with Crippen molar-refractivity contribution in [2.45, 2.75) is 37.8 Å². The predicted octanol–water partition coefficient (Wildman–Crippen LogP) is 7.02. The van der Waals surface area contributed by atoms with Crippen LogP contribution in [0.2, 0.25) is 0 Å². The number of amides is 6. The molecule has 338 valence electrons. The zero-order valence-corrected chi connectivity index (χ0v) is 36.4. The van der Waals surface area contributed by atoms with Gasteiger partial charge in [0, 0.05) is 72.3 Å². The van der Waals surface area contributed by atoms with Crippen LogP contribution in [0.4, 0.5) is 38.5 Å². The first-order chi connectivity index (χ1) is 31.9. The maximum absolute atomic E-state index is 15.0. The fourth-order valence-electron chi connectivity index (χ4n) is 7.32. The SMILES string of the molecule is CN1C(=O)N(c2c(F)cc(C#Cc3ccccc3)cc2F)C(=O)C[C@@]1(C)c1cnc(=O)[nH]c1.COc1ncc([C@]2(C)CC(=O)N(c3c(F)cc(C#Cc4ccccc4)cc3F)C(=O)N2C)cn1. The number of methoxy groups -OCH3 is 1. The van der Waals surface area contributed by atoms with Crippen LogP contribution in [0.3, 0.4) is 0 Å². The molecule has 1 N–H and O–H groups in total. The number of hydrogen-bond donors (Lipinski definition) is 1. The Kier molecular flexibility index (Phi) is 13.0. The summed E-state index contributed by atoms with van der Waals surface area (Å²) < 4.78 is 64.8. The largest absolute Gasteiger partial charge is 0.467 e. The highest BCUT2D eigenvalue weighted by Crippen LogP contribution is 2.40. The molecule has 2 aliphatic heterocycles. The van der Waals surface area contributed by atoms with Crippen LogP contribution < -0.4 is 20.2 Å². The second-order valence-electron chi connectivity index (χ2n) is 15.6. The van der Waals surface area contributed by atoms with E-state index in [0.717, 1.165) is 24.3 Å². The molecule has 4 heterocycles. The summed E-state index contributed by atoms with van der Waals surface area (Å²) in [4.78, 5) is 81.0. The number of carbonyl (C=O) groups is 4. The van der Waals surface area contributed by atoms with Gasteiger partial charge < -0.3 is 19.5 Å². The number of rotatable bonds is 5. The number of urea groups is 2. The van der Waals surface area contributed by atoms with Crippen LogP contribution in [-0.4, -0.2) is 74.8 Å². The van der Waals surface area contributed by atoms with Crippen molar-refractivity contribution >= 4 is 35.3 Å². The number of hydrogen-bond acceptors (Lipinski definition) is 9. The van der Waals surface area contributed by atoms with Crippen LogP contribution in [0.15, 0.2) is 115 Å². The van der Waals surface area contributed by atoms with E-state index >= 15 is 0 Å². The van der Waals surface area contributed by atoms with Gasteiger partial charge >= 0.3 is 23.8 Å². The lowest BCUT2D eigenvalue weighted by Crippen LogP contribution is -2.60. The first kappa shape index (κ1) is 46.4.